The van der Waals surface area contributed by atoms with Crippen LogP contribution in [0.25, 0.3) is 10.9 Å². The van der Waals surface area contributed by atoms with Crippen LogP contribution < -0.4 is 10.9 Å². The van der Waals surface area contributed by atoms with Crippen molar-refractivity contribution in [3.05, 3.63) is 76.8 Å². The normalized spacial score (nSPS) is 11.8. The van der Waals surface area contributed by atoms with E-state index in [-0.39, 0.29) is 23.9 Å². The van der Waals surface area contributed by atoms with Crippen molar-refractivity contribution in [3.63, 3.8) is 0 Å². The van der Waals surface area contributed by atoms with E-state index in [1.165, 1.54) is 10.9 Å². The number of esters is 1. The lowest BCUT2D eigenvalue weighted by atomic mass is 10.0. The van der Waals surface area contributed by atoms with E-state index in [2.05, 4.69) is 10.3 Å². The number of carbonyl (C=O) groups is 2. The van der Waals surface area contributed by atoms with E-state index in [4.69, 9.17) is 4.74 Å². The van der Waals surface area contributed by atoms with Crippen LogP contribution in [0, 0.1) is 0 Å². The third-order valence-corrected chi connectivity index (χ3v) is 4.37. The Balaban J connectivity index is 1.48. The highest BCUT2D eigenvalue weighted by Gasteiger charge is 2.12. The van der Waals surface area contributed by atoms with E-state index in [1.54, 1.807) is 24.3 Å². The van der Waals surface area contributed by atoms with Crippen LogP contribution in [-0.2, 0) is 20.9 Å². The van der Waals surface area contributed by atoms with Gasteiger partial charge in [0.25, 0.3) is 11.5 Å². The van der Waals surface area contributed by atoms with Gasteiger partial charge in [0.2, 0.25) is 0 Å². The highest BCUT2D eigenvalue weighted by atomic mass is 16.5. The van der Waals surface area contributed by atoms with Gasteiger partial charge in [-0.1, -0.05) is 49.4 Å². The lowest BCUT2D eigenvalue weighted by Gasteiger charge is -2.13. The number of ether oxygens (including phenoxy) is 1. The summed E-state index contributed by atoms with van der Waals surface area (Å²) in [6.45, 7) is 1.75. The number of rotatable bonds is 7. The molecule has 0 bridgehead atoms. The molecule has 144 valence electrons. The molecule has 1 amide bonds. The van der Waals surface area contributed by atoms with Crippen molar-refractivity contribution in [1.29, 1.82) is 0 Å². The third kappa shape index (κ3) is 4.82. The molecular formula is C21H21N3O4. The van der Waals surface area contributed by atoms with E-state index >= 15 is 0 Å². The van der Waals surface area contributed by atoms with Gasteiger partial charge in [-0.15, -0.1) is 0 Å². The summed E-state index contributed by atoms with van der Waals surface area (Å²) < 4.78 is 6.14. The molecule has 3 aromatic rings. The van der Waals surface area contributed by atoms with E-state index in [0.717, 1.165) is 5.56 Å². The largest absolute Gasteiger partial charge is 0.454 e. The number of amides is 1. The maximum atomic E-state index is 12.4. The molecular weight excluding hydrogens is 358 g/mol. The summed E-state index contributed by atoms with van der Waals surface area (Å²) in [5.74, 6) is -0.923. The average Bonchev–Trinajstić information content (AvgIpc) is 2.73. The maximum Gasteiger partial charge on any atom is 0.326 e. The van der Waals surface area contributed by atoms with Gasteiger partial charge in [-0.05, 0) is 23.6 Å². The van der Waals surface area contributed by atoms with Crippen molar-refractivity contribution < 1.29 is 14.3 Å². The number of fused-ring (bicyclic) bond motifs is 1. The maximum absolute atomic E-state index is 12.4. The molecule has 0 aliphatic heterocycles. The van der Waals surface area contributed by atoms with Crippen molar-refractivity contribution in [2.75, 3.05) is 13.2 Å². The minimum atomic E-state index is -0.676. The fourth-order valence-electron chi connectivity index (χ4n) is 2.77. The predicted molar refractivity (Wildman–Crippen MR) is 105 cm³/mol. The number of hydrogen-bond donors (Lipinski definition) is 1. The Kier molecular flexibility index (Phi) is 6.16. The molecule has 7 nitrogen and oxygen atoms in total. The van der Waals surface area contributed by atoms with Crippen molar-refractivity contribution >= 4 is 22.8 Å². The molecule has 7 heteroatoms. The van der Waals surface area contributed by atoms with Gasteiger partial charge in [-0.3, -0.25) is 19.0 Å². The number of hydrogen-bond acceptors (Lipinski definition) is 5. The molecule has 1 aromatic heterocycles. The Bertz CT molecular complexity index is 1030. The molecule has 1 N–H and O–H groups in total. The van der Waals surface area contributed by atoms with Gasteiger partial charge < -0.3 is 10.1 Å². The van der Waals surface area contributed by atoms with Gasteiger partial charge in [0.1, 0.15) is 6.54 Å². The molecule has 0 aliphatic rings. The van der Waals surface area contributed by atoms with Crippen LogP contribution in [0.4, 0.5) is 0 Å². The zero-order chi connectivity index (χ0) is 19.9. The van der Waals surface area contributed by atoms with Crippen LogP contribution in [0.1, 0.15) is 18.4 Å². The van der Waals surface area contributed by atoms with Gasteiger partial charge >= 0.3 is 5.97 Å². The van der Waals surface area contributed by atoms with Gasteiger partial charge in [-0.25, -0.2) is 4.98 Å². The summed E-state index contributed by atoms with van der Waals surface area (Å²) >= 11 is 0. The van der Waals surface area contributed by atoms with Crippen LogP contribution in [0.5, 0.6) is 0 Å². The zero-order valence-corrected chi connectivity index (χ0v) is 15.5. The van der Waals surface area contributed by atoms with Gasteiger partial charge in [0.05, 0.1) is 17.2 Å². The number of benzene rings is 2. The van der Waals surface area contributed by atoms with Crippen LogP contribution in [0.15, 0.2) is 65.7 Å². The summed E-state index contributed by atoms with van der Waals surface area (Å²) in [6, 6.07) is 16.7. The Labute approximate surface area is 162 Å². The molecule has 0 spiro atoms. The summed E-state index contributed by atoms with van der Waals surface area (Å²) in [5, 5.41) is 3.16. The first-order valence-corrected chi connectivity index (χ1v) is 8.96. The summed E-state index contributed by atoms with van der Waals surface area (Å²) in [6.07, 6.45) is 1.30. The minimum Gasteiger partial charge on any atom is -0.454 e. The van der Waals surface area contributed by atoms with Crippen molar-refractivity contribution in [1.82, 2.24) is 14.9 Å². The average molecular weight is 379 g/mol. The van der Waals surface area contributed by atoms with Gasteiger partial charge in [-0.2, -0.15) is 0 Å². The lowest BCUT2D eigenvalue weighted by Crippen LogP contribution is -2.33. The third-order valence-electron chi connectivity index (χ3n) is 4.37. The molecule has 2 aromatic carbocycles. The Morgan fingerprint density at radius 3 is 2.61 bits per heavy atom. The SMILES string of the molecule is C[C@H](CNC(=O)COC(=O)Cn1cnc2ccccc2c1=O)c1ccccc1. The number of carbonyl (C=O) groups excluding carboxylic acids is 2. The molecule has 0 unspecified atom stereocenters. The highest BCUT2D eigenvalue weighted by molar-refractivity contribution is 5.81. The second-order valence-corrected chi connectivity index (χ2v) is 6.47. The minimum absolute atomic E-state index is 0.142. The summed E-state index contributed by atoms with van der Waals surface area (Å²) in [4.78, 5) is 40.4. The van der Waals surface area contributed by atoms with E-state index in [1.807, 2.05) is 37.3 Å². The van der Waals surface area contributed by atoms with Crippen molar-refractivity contribution in [2.45, 2.75) is 19.4 Å². The first-order valence-electron chi connectivity index (χ1n) is 8.96. The highest BCUT2D eigenvalue weighted by Crippen LogP contribution is 2.12. The predicted octanol–water partition coefficient (Wildman–Crippen LogP) is 1.86. The molecule has 0 aliphatic carbocycles. The monoisotopic (exact) mass is 379 g/mol. The Morgan fingerprint density at radius 1 is 1.11 bits per heavy atom. The molecule has 1 heterocycles. The molecule has 28 heavy (non-hydrogen) atoms. The fourth-order valence-corrected chi connectivity index (χ4v) is 2.77. The topological polar surface area (TPSA) is 90.3 Å². The molecule has 0 fully saturated rings. The molecule has 0 radical (unpaired) electrons. The van der Waals surface area contributed by atoms with Crippen LogP contribution in [0.2, 0.25) is 0 Å². The van der Waals surface area contributed by atoms with Crippen LogP contribution in [-0.4, -0.2) is 34.6 Å². The molecule has 1 atom stereocenters. The van der Waals surface area contributed by atoms with E-state index in [0.29, 0.717) is 17.4 Å². The smallest absolute Gasteiger partial charge is 0.326 e. The lowest BCUT2D eigenvalue weighted by molar-refractivity contribution is -0.149. The Morgan fingerprint density at radius 2 is 1.82 bits per heavy atom. The number of aromatic nitrogens is 2. The Hall–Kier alpha value is -3.48. The van der Waals surface area contributed by atoms with Crippen LogP contribution >= 0.6 is 0 Å². The number of nitrogens with one attached hydrogen (secondary N) is 1. The van der Waals surface area contributed by atoms with Crippen molar-refractivity contribution in [3.8, 4) is 0 Å². The molecule has 0 saturated carbocycles. The van der Waals surface area contributed by atoms with E-state index in [9.17, 15) is 14.4 Å². The van der Waals surface area contributed by atoms with Crippen molar-refractivity contribution in [2.24, 2.45) is 0 Å². The molecule has 3 rings (SSSR count). The first kappa shape index (κ1) is 19.3. The van der Waals surface area contributed by atoms with Crippen LogP contribution in [0.3, 0.4) is 0 Å². The first-order chi connectivity index (χ1) is 13.5. The number of nitrogens with zero attached hydrogens (tertiary/aromatic N) is 2. The second kappa shape index (κ2) is 8.94. The van der Waals surface area contributed by atoms with E-state index < -0.39 is 12.6 Å². The fraction of sp³-hybridized carbons (Fsp3) is 0.238. The van der Waals surface area contributed by atoms with Gasteiger partial charge in [0, 0.05) is 6.54 Å². The number of para-hydroxylation sites is 1. The molecule has 0 saturated heterocycles. The quantitative estimate of drug-likeness (QED) is 0.633. The standard InChI is InChI=1S/C21H21N3O4/c1-15(16-7-3-2-4-8-16)11-22-19(25)13-28-20(26)12-24-14-23-18-10-6-5-9-17(18)21(24)27/h2-10,14-15H,11-13H2,1H3,(H,22,25)/t15-/m1/s1. The van der Waals surface area contributed by atoms with Gasteiger partial charge in [0.15, 0.2) is 6.61 Å². The summed E-state index contributed by atoms with van der Waals surface area (Å²) in [7, 11) is 0. The zero-order valence-electron chi connectivity index (χ0n) is 15.5. The second-order valence-electron chi connectivity index (χ2n) is 6.47. The summed E-state index contributed by atoms with van der Waals surface area (Å²) in [5.41, 5.74) is 1.34.